The van der Waals surface area contributed by atoms with Gasteiger partial charge in [-0.05, 0) is 23.8 Å². The van der Waals surface area contributed by atoms with Crippen LogP contribution in [-0.4, -0.2) is 25.2 Å². The highest BCUT2D eigenvalue weighted by molar-refractivity contribution is 5.87. The van der Waals surface area contributed by atoms with Crippen molar-refractivity contribution in [3.05, 3.63) is 23.8 Å². The van der Waals surface area contributed by atoms with Gasteiger partial charge in [-0.25, -0.2) is 4.79 Å². The Balaban J connectivity index is 2.43. The number of methoxy groups -OCH3 is 1. The number of benzene rings is 1. The molecule has 90 valence electrons. The van der Waals surface area contributed by atoms with E-state index >= 15 is 0 Å². The van der Waals surface area contributed by atoms with Crippen molar-refractivity contribution in [3.63, 3.8) is 0 Å². The SMILES string of the molecule is COc1cc(/C=C/C(=O)O)cc2c1NNN2C. The van der Waals surface area contributed by atoms with Gasteiger partial charge in [0, 0.05) is 13.1 Å². The largest absolute Gasteiger partial charge is 0.494 e. The molecule has 0 unspecified atom stereocenters. The molecule has 0 aromatic heterocycles. The Morgan fingerprint density at radius 1 is 1.53 bits per heavy atom. The predicted molar refractivity (Wildman–Crippen MR) is 64.8 cm³/mol. The van der Waals surface area contributed by atoms with Crippen LogP contribution < -0.4 is 20.7 Å². The molecule has 2 rings (SSSR count). The molecule has 17 heavy (non-hydrogen) atoms. The van der Waals surface area contributed by atoms with Gasteiger partial charge in [-0.3, -0.25) is 10.4 Å². The third-order valence-electron chi connectivity index (χ3n) is 2.45. The van der Waals surface area contributed by atoms with E-state index in [1.165, 1.54) is 6.08 Å². The number of fused-ring (bicyclic) bond motifs is 1. The fourth-order valence-corrected chi connectivity index (χ4v) is 1.64. The molecule has 0 amide bonds. The Bertz CT molecular complexity index is 485. The van der Waals surface area contributed by atoms with Crippen molar-refractivity contribution in [3.8, 4) is 5.75 Å². The lowest BCUT2D eigenvalue weighted by molar-refractivity contribution is -0.131. The Labute approximate surface area is 98.4 Å². The number of anilines is 2. The van der Waals surface area contributed by atoms with Crippen molar-refractivity contribution in [2.24, 2.45) is 0 Å². The highest BCUT2D eigenvalue weighted by Gasteiger charge is 2.19. The zero-order valence-corrected chi connectivity index (χ0v) is 9.52. The highest BCUT2D eigenvalue weighted by Crippen LogP contribution is 2.38. The summed E-state index contributed by atoms with van der Waals surface area (Å²) in [6, 6.07) is 3.64. The van der Waals surface area contributed by atoms with Crippen LogP contribution in [0.1, 0.15) is 5.56 Å². The standard InChI is InChI=1S/C11H13N3O3/c1-14-8-5-7(3-4-10(15)16)6-9(17-2)11(8)12-13-14/h3-6,12-13H,1-2H3,(H,15,16)/b4-3+. The van der Waals surface area contributed by atoms with E-state index in [1.807, 2.05) is 13.1 Å². The minimum atomic E-state index is -0.978. The highest BCUT2D eigenvalue weighted by atomic mass is 16.5. The minimum absolute atomic E-state index is 0.657. The Morgan fingerprint density at radius 2 is 2.29 bits per heavy atom. The smallest absolute Gasteiger partial charge is 0.328 e. The molecule has 0 saturated heterocycles. The number of aliphatic carboxylic acids is 1. The summed E-state index contributed by atoms with van der Waals surface area (Å²) in [5.74, 6) is -0.321. The average Bonchev–Trinajstić information content (AvgIpc) is 2.68. The third kappa shape index (κ3) is 2.16. The molecule has 1 heterocycles. The van der Waals surface area contributed by atoms with Crippen LogP contribution in [0.5, 0.6) is 5.75 Å². The van der Waals surface area contributed by atoms with Crippen LogP contribution in [0.25, 0.3) is 6.08 Å². The number of hydrogen-bond acceptors (Lipinski definition) is 5. The molecule has 0 bridgehead atoms. The monoisotopic (exact) mass is 235 g/mol. The van der Waals surface area contributed by atoms with Gasteiger partial charge in [-0.15, -0.1) is 5.53 Å². The summed E-state index contributed by atoms with van der Waals surface area (Å²) in [5.41, 5.74) is 8.38. The minimum Gasteiger partial charge on any atom is -0.494 e. The van der Waals surface area contributed by atoms with E-state index in [1.54, 1.807) is 18.2 Å². The third-order valence-corrected chi connectivity index (χ3v) is 2.45. The lowest BCUT2D eigenvalue weighted by atomic mass is 10.1. The van der Waals surface area contributed by atoms with Crippen molar-refractivity contribution >= 4 is 23.4 Å². The van der Waals surface area contributed by atoms with Crippen LogP contribution in [-0.2, 0) is 4.79 Å². The first-order valence-electron chi connectivity index (χ1n) is 5.00. The Hall–Kier alpha value is -2.21. The number of nitrogens with zero attached hydrogens (tertiary/aromatic N) is 1. The molecular formula is C11H13N3O3. The van der Waals surface area contributed by atoms with E-state index in [2.05, 4.69) is 11.0 Å². The molecule has 1 aliphatic rings. The summed E-state index contributed by atoms with van der Waals surface area (Å²) in [7, 11) is 3.42. The maximum absolute atomic E-state index is 10.5. The van der Waals surface area contributed by atoms with Crippen molar-refractivity contribution in [2.45, 2.75) is 0 Å². The van der Waals surface area contributed by atoms with Crippen LogP contribution in [0.4, 0.5) is 11.4 Å². The van der Waals surface area contributed by atoms with Crippen LogP contribution in [0, 0.1) is 0 Å². The summed E-state index contributed by atoms with van der Waals surface area (Å²) in [5, 5.41) is 10.4. The number of nitrogens with one attached hydrogen (secondary N) is 2. The van der Waals surface area contributed by atoms with Crippen LogP contribution in [0.15, 0.2) is 18.2 Å². The summed E-state index contributed by atoms with van der Waals surface area (Å²) in [6.07, 6.45) is 2.62. The molecular weight excluding hydrogens is 222 g/mol. The number of ether oxygens (including phenoxy) is 1. The maximum Gasteiger partial charge on any atom is 0.328 e. The Morgan fingerprint density at radius 3 is 2.94 bits per heavy atom. The molecule has 0 spiro atoms. The fraction of sp³-hybridized carbons (Fsp3) is 0.182. The lowest BCUT2D eigenvalue weighted by Gasteiger charge is -2.11. The first kappa shape index (κ1) is 11.3. The zero-order chi connectivity index (χ0) is 12.4. The second-order valence-corrected chi connectivity index (χ2v) is 3.58. The molecule has 0 radical (unpaired) electrons. The maximum atomic E-state index is 10.5. The van der Waals surface area contributed by atoms with Gasteiger partial charge in [0.1, 0.15) is 11.4 Å². The lowest BCUT2D eigenvalue weighted by Crippen LogP contribution is -2.31. The van der Waals surface area contributed by atoms with Gasteiger partial charge in [0.2, 0.25) is 0 Å². The summed E-state index contributed by atoms with van der Waals surface area (Å²) < 4.78 is 5.24. The van der Waals surface area contributed by atoms with Gasteiger partial charge in [0.15, 0.2) is 0 Å². The molecule has 1 aromatic rings. The quantitative estimate of drug-likeness (QED) is 0.681. The molecule has 0 aliphatic carbocycles. The first-order valence-corrected chi connectivity index (χ1v) is 5.00. The van der Waals surface area contributed by atoms with Crippen LogP contribution >= 0.6 is 0 Å². The second-order valence-electron chi connectivity index (χ2n) is 3.58. The van der Waals surface area contributed by atoms with Gasteiger partial charge in [0.25, 0.3) is 0 Å². The topological polar surface area (TPSA) is 73.8 Å². The fourth-order valence-electron chi connectivity index (χ4n) is 1.64. The van der Waals surface area contributed by atoms with Gasteiger partial charge in [0.05, 0.1) is 12.8 Å². The number of hydrogen-bond donors (Lipinski definition) is 3. The van der Waals surface area contributed by atoms with Crippen molar-refractivity contribution < 1.29 is 14.6 Å². The molecule has 6 nitrogen and oxygen atoms in total. The number of rotatable bonds is 3. The Kier molecular flexibility index (Phi) is 2.88. The van der Waals surface area contributed by atoms with Crippen LogP contribution in [0.3, 0.4) is 0 Å². The molecule has 0 atom stereocenters. The zero-order valence-electron chi connectivity index (χ0n) is 9.52. The van der Waals surface area contributed by atoms with Gasteiger partial charge in [-0.1, -0.05) is 0 Å². The molecule has 1 aliphatic heterocycles. The van der Waals surface area contributed by atoms with Crippen LogP contribution in [0.2, 0.25) is 0 Å². The van der Waals surface area contributed by atoms with E-state index in [0.717, 1.165) is 23.0 Å². The van der Waals surface area contributed by atoms with E-state index in [-0.39, 0.29) is 0 Å². The number of carboxylic acid groups (broad SMARTS) is 1. The molecule has 6 heteroatoms. The van der Waals surface area contributed by atoms with E-state index < -0.39 is 5.97 Å². The van der Waals surface area contributed by atoms with Crippen molar-refractivity contribution in [1.82, 2.24) is 5.53 Å². The second kappa shape index (κ2) is 4.34. The first-order chi connectivity index (χ1) is 8.11. The summed E-state index contributed by atoms with van der Waals surface area (Å²) >= 11 is 0. The number of carbonyl (C=O) groups is 1. The summed E-state index contributed by atoms with van der Waals surface area (Å²) in [4.78, 5) is 10.5. The summed E-state index contributed by atoms with van der Waals surface area (Å²) in [6.45, 7) is 0. The molecule has 3 N–H and O–H groups in total. The molecule has 0 saturated carbocycles. The van der Waals surface area contributed by atoms with Gasteiger partial charge in [-0.2, -0.15) is 0 Å². The van der Waals surface area contributed by atoms with E-state index in [4.69, 9.17) is 9.84 Å². The molecule has 1 aromatic carbocycles. The van der Waals surface area contributed by atoms with E-state index in [0.29, 0.717) is 5.75 Å². The van der Waals surface area contributed by atoms with Gasteiger partial charge >= 0.3 is 5.97 Å². The van der Waals surface area contributed by atoms with Gasteiger partial charge < -0.3 is 9.84 Å². The van der Waals surface area contributed by atoms with E-state index in [9.17, 15) is 4.79 Å². The normalized spacial score (nSPS) is 13.6. The van der Waals surface area contributed by atoms with Crippen molar-refractivity contribution in [1.29, 1.82) is 0 Å². The molecule has 0 fully saturated rings. The average molecular weight is 235 g/mol. The predicted octanol–water partition coefficient (Wildman–Crippen LogP) is 1.07. The van der Waals surface area contributed by atoms with Crippen molar-refractivity contribution in [2.75, 3.05) is 24.6 Å². The number of carboxylic acids is 1. The number of hydrazine groups is 2.